The number of amides is 1. The van der Waals surface area contributed by atoms with Crippen molar-refractivity contribution in [2.45, 2.75) is 51.0 Å². The van der Waals surface area contributed by atoms with E-state index in [0.717, 1.165) is 24.8 Å². The summed E-state index contributed by atoms with van der Waals surface area (Å²) in [7, 11) is 0. The Hall–Kier alpha value is -1.84. The summed E-state index contributed by atoms with van der Waals surface area (Å²) in [6, 6.07) is 9.56. The van der Waals surface area contributed by atoms with Crippen LogP contribution in [0.25, 0.3) is 0 Å². The van der Waals surface area contributed by atoms with Gasteiger partial charge in [-0.2, -0.15) is 0 Å². The van der Waals surface area contributed by atoms with Gasteiger partial charge in [0.1, 0.15) is 0 Å². The Bertz CT molecular complexity index is 514. The number of rotatable bonds is 4. The predicted molar refractivity (Wildman–Crippen MR) is 81.0 cm³/mol. The van der Waals surface area contributed by atoms with Gasteiger partial charge in [0, 0.05) is 0 Å². The summed E-state index contributed by atoms with van der Waals surface area (Å²) >= 11 is 0. The van der Waals surface area contributed by atoms with Gasteiger partial charge >= 0.3 is 5.97 Å². The lowest BCUT2D eigenvalue weighted by Crippen LogP contribution is -2.56. The van der Waals surface area contributed by atoms with Crippen molar-refractivity contribution in [3.63, 3.8) is 0 Å². The molecule has 2 unspecified atom stereocenters. The highest BCUT2D eigenvalue weighted by molar-refractivity contribution is 5.85. The van der Waals surface area contributed by atoms with E-state index in [0.29, 0.717) is 6.42 Å². The molecule has 1 amide bonds. The molecule has 2 rings (SSSR count). The zero-order chi connectivity index (χ0) is 15.5. The average molecular weight is 289 g/mol. The largest absolute Gasteiger partial charge is 0.481 e. The third-order valence-corrected chi connectivity index (χ3v) is 4.61. The van der Waals surface area contributed by atoms with Crippen molar-refractivity contribution in [3.8, 4) is 0 Å². The van der Waals surface area contributed by atoms with Crippen LogP contribution in [0.4, 0.5) is 0 Å². The first-order chi connectivity index (χ1) is 9.94. The van der Waals surface area contributed by atoms with Gasteiger partial charge in [0.2, 0.25) is 5.91 Å². The lowest BCUT2D eigenvalue weighted by atomic mass is 9.73. The summed E-state index contributed by atoms with van der Waals surface area (Å²) in [4.78, 5) is 23.9. The second-order valence-electron chi connectivity index (χ2n) is 6.18. The minimum absolute atomic E-state index is 0.100. The SMILES string of the molecule is C[C@@H](C(=O)NC1(C)CCCCC1C(=O)O)c1ccccc1. The van der Waals surface area contributed by atoms with Crippen LogP contribution in [0.5, 0.6) is 0 Å². The van der Waals surface area contributed by atoms with Gasteiger partial charge in [-0.05, 0) is 32.3 Å². The van der Waals surface area contributed by atoms with Gasteiger partial charge < -0.3 is 10.4 Å². The molecule has 4 heteroatoms. The molecule has 3 atom stereocenters. The van der Waals surface area contributed by atoms with Gasteiger partial charge in [0.15, 0.2) is 0 Å². The highest BCUT2D eigenvalue weighted by atomic mass is 16.4. The summed E-state index contributed by atoms with van der Waals surface area (Å²) in [6.45, 7) is 3.72. The van der Waals surface area contributed by atoms with Gasteiger partial charge in [-0.3, -0.25) is 9.59 Å². The molecule has 0 bridgehead atoms. The van der Waals surface area contributed by atoms with Crippen LogP contribution in [0, 0.1) is 5.92 Å². The molecule has 1 saturated carbocycles. The molecule has 0 heterocycles. The Kier molecular flexibility index (Phi) is 4.66. The van der Waals surface area contributed by atoms with Crippen molar-refractivity contribution >= 4 is 11.9 Å². The molecule has 1 aromatic rings. The molecule has 4 nitrogen and oxygen atoms in total. The van der Waals surface area contributed by atoms with Crippen LogP contribution in [0.2, 0.25) is 0 Å². The third kappa shape index (κ3) is 3.43. The lowest BCUT2D eigenvalue weighted by Gasteiger charge is -2.40. The Morgan fingerprint density at radius 3 is 2.57 bits per heavy atom. The summed E-state index contributed by atoms with van der Waals surface area (Å²) < 4.78 is 0. The quantitative estimate of drug-likeness (QED) is 0.895. The third-order valence-electron chi connectivity index (χ3n) is 4.61. The number of hydrogen-bond donors (Lipinski definition) is 2. The number of carbonyl (C=O) groups is 2. The van der Waals surface area contributed by atoms with Crippen LogP contribution in [-0.4, -0.2) is 22.5 Å². The van der Waals surface area contributed by atoms with Gasteiger partial charge in [0.25, 0.3) is 0 Å². The number of nitrogens with one attached hydrogen (secondary N) is 1. The monoisotopic (exact) mass is 289 g/mol. The first-order valence-corrected chi connectivity index (χ1v) is 7.54. The minimum Gasteiger partial charge on any atom is -0.481 e. The van der Waals surface area contributed by atoms with Crippen molar-refractivity contribution in [1.82, 2.24) is 5.32 Å². The van der Waals surface area contributed by atoms with Gasteiger partial charge in [-0.1, -0.05) is 43.2 Å². The van der Waals surface area contributed by atoms with E-state index in [1.807, 2.05) is 44.2 Å². The van der Waals surface area contributed by atoms with Crippen LogP contribution in [0.1, 0.15) is 51.0 Å². The topological polar surface area (TPSA) is 66.4 Å². The van der Waals surface area contributed by atoms with Crippen molar-refractivity contribution in [2.75, 3.05) is 0 Å². The highest BCUT2D eigenvalue weighted by Crippen LogP contribution is 2.34. The normalized spacial score (nSPS) is 26.9. The van der Waals surface area contributed by atoms with Crippen molar-refractivity contribution in [3.05, 3.63) is 35.9 Å². The fourth-order valence-electron chi connectivity index (χ4n) is 3.16. The Morgan fingerprint density at radius 2 is 1.95 bits per heavy atom. The standard InChI is InChI=1S/C17H23NO3/c1-12(13-8-4-3-5-9-13)15(19)18-17(2)11-7-6-10-14(17)16(20)21/h3-5,8-9,12,14H,6-7,10-11H2,1-2H3,(H,18,19)(H,20,21)/t12-,14?,17?/m1/s1. The van der Waals surface area contributed by atoms with E-state index >= 15 is 0 Å². The van der Waals surface area contributed by atoms with E-state index in [-0.39, 0.29) is 11.8 Å². The molecule has 0 aliphatic heterocycles. The fourth-order valence-corrected chi connectivity index (χ4v) is 3.16. The number of benzene rings is 1. The average Bonchev–Trinajstić information content (AvgIpc) is 2.47. The summed E-state index contributed by atoms with van der Waals surface area (Å²) in [5.74, 6) is -1.70. The van der Waals surface area contributed by atoms with Gasteiger partial charge in [0.05, 0.1) is 17.4 Å². The molecule has 2 N–H and O–H groups in total. The van der Waals surface area contributed by atoms with Crippen LogP contribution in [0.3, 0.4) is 0 Å². The Labute approximate surface area is 125 Å². The summed E-state index contributed by atoms with van der Waals surface area (Å²) in [5.41, 5.74) is 0.297. The smallest absolute Gasteiger partial charge is 0.308 e. The Morgan fingerprint density at radius 1 is 1.29 bits per heavy atom. The summed E-state index contributed by atoms with van der Waals surface area (Å²) in [6.07, 6.45) is 3.22. The van der Waals surface area contributed by atoms with Crippen molar-refractivity contribution in [2.24, 2.45) is 5.92 Å². The van der Waals surface area contributed by atoms with E-state index < -0.39 is 17.4 Å². The fraction of sp³-hybridized carbons (Fsp3) is 0.529. The zero-order valence-corrected chi connectivity index (χ0v) is 12.6. The van der Waals surface area contributed by atoms with E-state index in [4.69, 9.17) is 0 Å². The second-order valence-corrected chi connectivity index (χ2v) is 6.18. The lowest BCUT2D eigenvalue weighted by molar-refractivity contribution is -0.146. The molecule has 0 radical (unpaired) electrons. The van der Waals surface area contributed by atoms with E-state index in [9.17, 15) is 14.7 Å². The number of carbonyl (C=O) groups excluding carboxylic acids is 1. The highest BCUT2D eigenvalue weighted by Gasteiger charge is 2.42. The van der Waals surface area contributed by atoms with E-state index in [1.54, 1.807) is 0 Å². The zero-order valence-electron chi connectivity index (χ0n) is 12.6. The molecule has 1 aliphatic rings. The molecule has 0 spiro atoms. The van der Waals surface area contributed by atoms with E-state index in [2.05, 4.69) is 5.32 Å². The number of aliphatic carboxylic acids is 1. The van der Waals surface area contributed by atoms with Crippen molar-refractivity contribution in [1.29, 1.82) is 0 Å². The molecule has 1 aromatic carbocycles. The molecule has 0 aromatic heterocycles. The second kappa shape index (κ2) is 6.29. The number of hydrogen-bond acceptors (Lipinski definition) is 2. The maximum atomic E-state index is 12.5. The first kappa shape index (κ1) is 15.5. The predicted octanol–water partition coefficient (Wildman–Crippen LogP) is 2.94. The molecule has 0 saturated heterocycles. The first-order valence-electron chi connectivity index (χ1n) is 7.54. The molecule has 21 heavy (non-hydrogen) atoms. The van der Waals surface area contributed by atoms with Crippen molar-refractivity contribution < 1.29 is 14.7 Å². The number of carboxylic acids is 1. The van der Waals surface area contributed by atoms with Gasteiger partial charge in [-0.25, -0.2) is 0 Å². The minimum atomic E-state index is -0.815. The van der Waals surface area contributed by atoms with Crippen LogP contribution in [0.15, 0.2) is 30.3 Å². The maximum absolute atomic E-state index is 12.5. The number of carboxylic acid groups (broad SMARTS) is 1. The molecule has 1 fully saturated rings. The maximum Gasteiger partial charge on any atom is 0.308 e. The molecular weight excluding hydrogens is 266 g/mol. The van der Waals surface area contributed by atoms with Crippen LogP contribution < -0.4 is 5.32 Å². The van der Waals surface area contributed by atoms with E-state index in [1.165, 1.54) is 0 Å². The Balaban J connectivity index is 2.11. The molecule has 1 aliphatic carbocycles. The molecule has 114 valence electrons. The summed E-state index contributed by atoms with van der Waals surface area (Å²) in [5, 5.41) is 12.4. The van der Waals surface area contributed by atoms with Gasteiger partial charge in [-0.15, -0.1) is 0 Å². The van der Waals surface area contributed by atoms with Crippen LogP contribution in [-0.2, 0) is 9.59 Å². The molecular formula is C17H23NO3. The van der Waals surface area contributed by atoms with Crippen LogP contribution >= 0.6 is 0 Å².